The van der Waals surface area contributed by atoms with Gasteiger partial charge in [-0.2, -0.15) is 4.58 Å². The van der Waals surface area contributed by atoms with Crippen molar-refractivity contribution in [3.63, 3.8) is 0 Å². The van der Waals surface area contributed by atoms with Gasteiger partial charge in [0.1, 0.15) is 37.0 Å². The number of ketones is 1. The molecule has 1 N–H and O–H groups in total. The van der Waals surface area contributed by atoms with Gasteiger partial charge in [0.15, 0.2) is 0 Å². The second-order valence-electron chi connectivity index (χ2n) is 11.1. The number of carbonyl (C=O) groups is 2. The molecule has 1 unspecified atom stereocenters. The van der Waals surface area contributed by atoms with E-state index in [2.05, 4.69) is 6.58 Å². The molecule has 0 aromatic heterocycles. The van der Waals surface area contributed by atoms with E-state index in [1.54, 1.807) is 19.1 Å². The van der Waals surface area contributed by atoms with Gasteiger partial charge in [0.2, 0.25) is 17.2 Å². The molecule has 1 saturated heterocycles. The number of rotatable bonds is 9. The zero-order chi connectivity index (χ0) is 31.7. The van der Waals surface area contributed by atoms with Gasteiger partial charge in [0.25, 0.3) is 0 Å². The van der Waals surface area contributed by atoms with Crippen molar-refractivity contribution in [2.24, 2.45) is 0 Å². The first-order valence-corrected chi connectivity index (χ1v) is 14.6. The lowest BCUT2D eigenvalue weighted by molar-refractivity contribution is -0.403. The number of Topliss-reactive ketones (excluding diaryl/α,β-unsaturated/α-hetero) is 1. The lowest BCUT2D eigenvalue weighted by atomic mass is 9.80. The van der Waals surface area contributed by atoms with Crippen molar-refractivity contribution in [1.29, 1.82) is 0 Å². The first-order chi connectivity index (χ1) is 21.7. The van der Waals surface area contributed by atoms with E-state index in [1.807, 2.05) is 109 Å². The number of hydrogen-bond acceptors (Lipinski definition) is 7. The van der Waals surface area contributed by atoms with Gasteiger partial charge in [-0.3, -0.25) is 4.79 Å². The fourth-order valence-electron chi connectivity index (χ4n) is 4.99. The molecule has 0 bridgehead atoms. The third-order valence-corrected chi connectivity index (χ3v) is 7.86. The van der Waals surface area contributed by atoms with Crippen LogP contribution in [0.15, 0.2) is 126 Å². The van der Waals surface area contributed by atoms with E-state index in [1.165, 1.54) is 0 Å². The molecular formula is C37H33N2O6+. The second kappa shape index (κ2) is 12.3. The summed E-state index contributed by atoms with van der Waals surface area (Å²) in [7, 11) is 3.88. The molecule has 2 aliphatic carbocycles. The zero-order valence-electron chi connectivity index (χ0n) is 25.3. The number of allylic oxidation sites excluding steroid dienone is 7. The number of ether oxygens (including phenoxy) is 3. The molecule has 45 heavy (non-hydrogen) atoms. The first kappa shape index (κ1) is 29.6. The number of epoxide rings is 1. The van der Waals surface area contributed by atoms with Crippen LogP contribution in [0.2, 0.25) is 0 Å². The van der Waals surface area contributed by atoms with Gasteiger partial charge in [0.05, 0.1) is 17.8 Å². The fraction of sp³-hybridized carbons (Fsp3) is 0.162. The number of esters is 1. The molecule has 1 heterocycles. The Kier molecular flexibility index (Phi) is 8.06. The van der Waals surface area contributed by atoms with E-state index < -0.39 is 5.97 Å². The van der Waals surface area contributed by atoms with Crippen LogP contribution >= 0.6 is 0 Å². The van der Waals surface area contributed by atoms with Crippen molar-refractivity contribution < 1.29 is 33.5 Å². The van der Waals surface area contributed by atoms with Crippen molar-refractivity contribution in [3.8, 4) is 11.5 Å². The minimum atomic E-state index is -0.469. The predicted octanol–water partition coefficient (Wildman–Crippen LogP) is 6.40. The van der Waals surface area contributed by atoms with Crippen LogP contribution in [0.5, 0.6) is 11.5 Å². The fourth-order valence-corrected chi connectivity index (χ4v) is 4.99. The van der Waals surface area contributed by atoms with Crippen LogP contribution in [-0.2, 0) is 14.3 Å². The third-order valence-electron chi connectivity index (χ3n) is 7.86. The van der Waals surface area contributed by atoms with E-state index in [-0.39, 0.29) is 17.6 Å². The molecule has 0 spiro atoms. The number of anilines is 2. The van der Waals surface area contributed by atoms with Crippen molar-refractivity contribution in [2.75, 3.05) is 32.2 Å². The maximum Gasteiger partial charge on any atom is 0.338 e. The zero-order valence-corrected chi connectivity index (χ0v) is 25.3. The van der Waals surface area contributed by atoms with Crippen molar-refractivity contribution >= 4 is 40.1 Å². The Labute approximate surface area is 261 Å². The molecule has 3 aromatic rings. The Bertz CT molecular complexity index is 1820. The van der Waals surface area contributed by atoms with E-state index in [9.17, 15) is 14.7 Å². The van der Waals surface area contributed by atoms with E-state index >= 15 is 0 Å². The monoisotopic (exact) mass is 601 g/mol. The minimum absolute atomic E-state index is 0.00528. The Morgan fingerprint density at radius 3 is 2.07 bits per heavy atom. The third kappa shape index (κ3) is 6.27. The Morgan fingerprint density at radius 1 is 0.933 bits per heavy atom. The lowest BCUT2D eigenvalue weighted by Crippen LogP contribution is -2.23. The molecule has 8 heteroatoms. The molecular weight excluding hydrogens is 568 g/mol. The SMILES string of the molecule is C=C(C)C(=O)Oc1ccc([N+](C)=C2C=CC(=C3C(=O)C(c4ccc(N(C)c5ccc(OCC6CO6)cc5)cc4)=C3O)C=C2)cc1. The van der Waals surface area contributed by atoms with Crippen LogP contribution in [0.1, 0.15) is 12.5 Å². The minimum Gasteiger partial charge on any atom is -0.506 e. The molecule has 1 fully saturated rings. The molecule has 0 saturated carbocycles. The number of benzene rings is 3. The Balaban J connectivity index is 1.13. The summed E-state index contributed by atoms with van der Waals surface area (Å²) in [5.74, 6) is 0.568. The molecule has 6 rings (SSSR count). The molecule has 226 valence electrons. The van der Waals surface area contributed by atoms with Gasteiger partial charge in [-0.05, 0) is 78.7 Å². The van der Waals surface area contributed by atoms with E-state index in [0.29, 0.717) is 40.2 Å². The summed E-state index contributed by atoms with van der Waals surface area (Å²) in [6, 6.07) is 22.5. The Morgan fingerprint density at radius 2 is 1.51 bits per heavy atom. The summed E-state index contributed by atoms with van der Waals surface area (Å²) in [5, 5.41) is 10.9. The summed E-state index contributed by atoms with van der Waals surface area (Å²) in [6.07, 6.45) is 7.64. The van der Waals surface area contributed by atoms with Gasteiger partial charge in [0, 0.05) is 48.3 Å². The van der Waals surface area contributed by atoms with E-state index in [4.69, 9.17) is 14.2 Å². The molecule has 3 aromatic carbocycles. The van der Waals surface area contributed by atoms with Gasteiger partial charge in [-0.1, -0.05) is 18.7 Å². The van der Waals surface area contributed by atoms with Gasteiger partial charge in [-0.25, -0.2) is 4.79 Å². The largest absolute Gasteiger partial charge is 0.506 e. The highest BCUT2D eigenvalue weighted by Gasteiger charge is 2.36. The van der Waals surface area contributed by atoms with Crippen LogP contribution in [0, 0.1) is 0 Å². The Hall–Kier alpha value is -5.47. The number of carbonyl (C=O) groups excluding carboxylic acids is 2. The van der Waals surface area contributed by atoms with Crippen LogP contribution in [-0.4, -0.2) is 60.6 Å². The van der Waals surface area contributed by atoms with Gasteiger partial charge in [-0.15, -0.1) is 0 Å². The number of aliphatic hydroxyl groups excluding tert-OH is 1. The number of aliphatic hydroxyl groups is 1. The molecule has 1 atom stereocenters. The van der Waals surface area contributed by atoms with E-state index in [0.717, 1.165) is 35.1 Å². The summed E-state index contributed by atoms with van der Waals surface area (Å²) < 4.78 is 18.1. The second-order valence-corrected chi connectivity index (χ2v) is 11.1. The molecule has 1 aliphatic heterocycles. The molecule has 0 radical (unpaired) electrons. The average molecular weight is 602 g/mol. The van der Waals surface area contributed by atoms with Gasteiger partial charge < -0.3 is 24.2 Å². The number of nitrogens with zero attached hydrogens (tertiary/aromatic N) is 2. The number of hydrogen-bond donors (Lipinski definition) is 1. The summed E-state index contributed by atoms with van der Waals surface area (Å²) >= 11 is 0. The molecule has 8 nitrogen and oxygen atoms in total. The highest BCUT2D eigenvalue weighted by atomic mass is 16.6. The smallest absolute Gasteiger partial charge is 0.338 e. The van der Waals surface area contributed by atoms with Gasteiger partial charge >= 0.3 is 5.97 Å². The van der Waals surface area contributed by atoms with Crippen LogP contribution in [0.3, 0.4) is 0 Å². The lowest BCUT2D eigenvalue weighted by Gasteiger charge is -2.24. The standard InChI is InChI=1S/C37H32N2O6/c1-23(2)37(42)45-31-19-15-29(16-20-31)39(4)27-11-7-25(8-12-27)34-35(40)33(36(34)41)24-5-9-26(10-6-24)38(3)28-13-17-30(18-14-28)43-21-32-22-44-32/h5-20,32H,1,21-22H2,2-4H3/p+1. The first-order valence-electron chi connectivity index (χ1n) is 14.6. The van der Waals surface area contributed by atoms with Crippen molar-refractivity contribution in [1.82, 2.24) is 0 Å². The predicted molar refractivity (Wildman–Crippen MR) is 174 cm³/mol. The van der Waals surface area contributed by atoms with Crippen LogP contribution < -0.4 is 14.4 Å². The highest BCUT2D eigenvalue weighted by Crippen LogP contribution is 2.39. The topological polar surface area (TPSA) is 91.6 Å². The average Bonchev–Trinajstić information content (AvgIpc) is 3.89. The van der Waals surface area contributed by atoms with Crippen LogP contribution in [0.4, 0.5) is 17.1 Å². The van der Waals surface area contributed by atoms with Crippen molar-refractivity contribution in [2.45, 2.75) is 13.0 Å². The summed E-state index contributed by atoms with van der Waals surface area (Å²) in [4.78, 5) is 27.0. The normalized spacial score (nSPS) is 16.8. The van der Waals surface area contributed by atoms with Crippen LogP contribution in [0.25, 0.3) is 5.57 Å². The van der Waals surface area contributed by atoms with Crippen molar-refractivity contribution in [3.05, 3.63) is 132 Å². The molecule has 0 amide bonds. The molecule has 3 aliphatic rings. The maximum absolute atomic E-state index is 13.2. The highest BCUT2D eigenvalue weighted by molar-refractivity contribution is 6.39. The quantitative estimate of drug-likeness (QED) is 0.0998. The maximum atomic E-state index is 13.2. The summed E-state index contributed by atoms with van der Waals surface area (Å²) in [5.41, 5.74) is 5.96. The summed E-state index contributed by atoms with van der Waals surface area (Å²) in [6.45, 7) is 6.52.